The zero-order chi connectivity index (χ0) is 14.8. The summed E-state index contributed by atoms with van der Waals surface area (Å²) in [5.74, 6) is -1.64. The second kappa shape index (κ2) is 5.58. The molecule has 108 valence electrons. The third-order valence-electron chi connectivity index (χ3n) is 3.15. The van der Waals surface area contributed by atoms with E-state index in [9.17, 15) is 18.0 Å². The highest BCUT2D eigenvalue weighted by Gasteiger charge is 2.31. The first kappa shape index (κ1) is 14.4. The van der Waals surface area contributed by atoms with E-state index in [2.05, 4.69) is 10.3 Å². The predicted octanol–water partition coefficient (Wildman–Crippen LogP) is 0.0868. The Morgan fingerprint density at radius 1 is 1.35 bits per heavy atom. The highest BCUT2D eigenvalue weighted by Crippen LogP contribution is 2.19. The number of carboxylic acids is 1. The molecule has 20 heavy (non-hydrogen) atoms. The minimum absolute atomic E-state index is 0.0279. The van der Waals surface area contributed by atoms with Gasteiger partial charge in [0.15, 0.2) is 9.84 Å². The van der Waals surface area contributed by atoms with Crippen LogP contribution in [0, 0.1) is 0 Å². The number of hydrogen-bond donors (Lipinski definition) is 2. The molecule has 1 aliphatic rings. The van der Waals surface area contributed by atoms with Gasteiger partial charge in [0, 0.05) is 6.54 Å². The number of pyridine rings is 1. The van der Waals surface area contributed by atoms with Crippen LogP contribution in [-0.4, -0.2) is 47.9 Å². The molecule has 1 aromatic heterocycles. The van der Waals surface area contributed by atoms with Gasteiger partial charge in [-0.15, -0.1) is 0 Å². The average molecular weight is 298 g/mol. The largest absolute Gasteiger partial charge is 0.477 e. The van der Waals surface area contributed by atoms with Gasteiger partial charge in [0.1, 0.15) is 11.4 Å². The van der Waals surface area contributed by atoms with Gasteiger partial charge >= 0.3 is 5.97 Å². The lowest BCUT2D eigenvalue weighted by Crippen LogP contribution is -2.35. The Morgan fingerprint density at radius 3 is 2.65 bits per heavy atom. The van der Waals surface area contributed by atoms with E-state index in [1.807, 2.05) is 0 Å². The van der Waals surface area contributed by atoms with Gasteiger partial charge in [-0.05, 0) is 25.0 Å². The molecule has 1 atom stereocenters. The standard InChI is InChI=1S/C12H14N2O5S/c15-11(9-4-1-5-10(14-9)12(16)17)13-7-8-3-2-6-20(8,18)19/h1,4-5,8H,2-3,6-7H2,(H,13,15)(H,16,17). The molecule has 2 heterocycles. The fraction of sp³-hybridized carbons (Fsp3) is 0.417. The van der Waals surface area contributed by atoms with Gasteiger partial charge in [-0.1, -0.05) is 6.07 Å². The first-order valence-corrected chi connectivity index (χ1v) is 7.82. The number of nitrogens with one attached hydrogen (secondary N) is 1. The van der Waals surface area contributed by atoms with Gasteiger partial charge in [-0.2, -0.15) is 0 Å². The Morgan fingerprint density at radius 2 is 2.05 bits per heavy atom. The van der Waals surface area contributed by atoms with Crippen molar-refractivity contribution in [3.05, 3.63) is 29.6 Å². The maximum atomic E-state index is 11.8. The van der Waals surface area contributed by atoms with Crippen LogP contribution in [0.2, 0.25) is 0 Å². The summed E-state index contributed by atoms with van der Waals surface area (Å²) in [5, 5.41) is 10.7. The molecule has 1 fully saturated rings. The maximum absolute atomic E-state index is 11.8. The topological polar surface area (TPSA) is 113 Å². The second-order valence-corrected chi connectivity index (χ2v) is 6.96. The molecule has 0 bridgehead atoms. The van der Waals surface area contributed by atoms with Gasteiger partial charge < -0.3 is 10.4 Å². The van der Waals surface area contributed by atoms with Gasteiger partial charge in [-0.25, -0.2) is 18.2 Å². The van der Waals surface area contributed by atoms with Crippen molar-refractivity contribution in [1.82, 2.24) is 10.3 Å². The fourth-order valence-corrected chi connectivity index (χ4v) is 3.83. The summed E-state index contributed by atoms with van der Waals surface area (Å²) in [4.78, 5) is 26.3. The van der Waals surface area contributed by atoms with E-state index in [4.69, 9.17) is 5.11 Å². The zero-order valence-corrected chi connectivity index (χ0v) is 11.4. The number of aromatic nitrogens is 1. The summed E-state index contributed by atoms with van der Waals surface area (Å²) >= 11 is 0. The van der Waals surface area contributed by atoms with E-state index in [0.717, 1.165) is 0 Å². The average Bonchev–Trinajstić information content (AvgIpc) is 2.75. The summed E-state index contributed by atoms with van der Waals surface area (Å²) < 4.78 is 23.2. The summed E-state index contributed by atoms with van der Waals surface area (Å²) in [5.41, 5.74) is -0.272. The summed E-state index contributed by atoms with van der Waals surface area (Å²) in [6, 6.07) is 4.07. The molecule has 2 N–H and O–H groups in total. The van der Waals surface area contributed by atoms with E-state index in [1.54, 1.807) is 0 Å². The molecule has 0 aliphatic carbocycles. The van der Waals surface area contributed by atoms with Crippen LogP contribution in [0.15, 0.2) is 18.2 Å². The first-order chi connectivity index (χ1) is 9.40. The molecule has 7 nitrogen and oxygen atoms in total. The first-order valence-electron chi connectivity index (χ1n) is 6.10. The third kappa shape index (κ3) is 3.13. The van der Waals surface area contributed by atoms with Crippen LogP contribution in [0.5, 0.6) is 0 Å². The van der Waals surface area contributed by atoms with Crippen molar-refractivity contribution in [1.29, 1.82) is 0 Å². The van der Waals surface area contributed by atoms with E-state index in [0.29, 0.717) is 12.8 Å². The molecule has 0 radical (unpaired) electrons. The van der Waals surface area contributed by atoms with Crippen LogP contribution in [0.25, 0.3) is 0 Å². The van der Waals surface area contributed by atoms with Gasteiger partial charge in [0.05, 0.1) is 11.0 Å². The van der Waals surface area contributed by atoms with E-state index < -0.39 is 27.0 Å². The third-order valence-corrected chi connectivity index (χ3v) is 5.43. The normalized spacial score (nSPS) is 20.5. The fourth-order valence-electron chi connectivity index (χ4n) is 2.06. The van der Waals surface area contributed by atoms with Crippen LogP contribution in [0.4, 0.5) is 0 Å². The minimum atomic E-state index is -3.12. The summed E-state index contributed by atoms with van der Waals surface area (Å²) in [6.07, 6.45) is 1.14. The quantitative estimate of drug-likeness (QED) is 0.814. The van der Waals surface area contributed by atoms with Crippen molar-refractivity contribution in [2.45, 2.75) is 18.1 Å². The second-order valence-electron chi connectivity index (χ2n) is 4.55. The molecule has 1 aliphatic heterocycles. The summed E-state index contributed by atoms with van der Waals surface area (Å²) in [7, 11) is -3.12. The van der Waals surface area contributed by atoms with Crippen LogP contribution in [-0.2, 0) is 9.84 Å². The van der Waals surface area contributed by atoms with Gasteiger partial charge in [-0.3, -0.25) is 4.79 Å². The van der Waals surface area contributed by atoms with Crippen molar-refractivity contribution in [3.8, 4) is 0 Å². The minimum Gasteiger partial charge on any atom is -0.477 e. The van der Waals surface area contributed by atoms with Crippen LogP contribution < -0.4 is 5.32 Å². The van der Waals surface area contributed by atoms with Crippen molar-refractivity contribution in [2.75, 3.05) is 12.3 Å². The number of nitrogens with zero attached hydrogens (tertiary/aromatic N) is 1. The number of rotatable bonds is 4. The lowest BCUT2D eigenvalue weighted by Gasteiger charge is -2.10. The number of carboxylic acid groups (broad SMARTS) is 1. The van der Waals surface area contributed by atoms with Crippen molar-refractivity contribution < 1.29 is 23.1 Å². The van der Waals surface area contributed by atoms with Crippen LogP contribution in [0.1, 0.15) is 33.8 Å². The Labute approximate surface area is 115 Å². The van der Waals surface area contributed by atoms with E-state index in [-0.39, 0.29) is 23.7 Å². The molecule has 1 unspecified atom stereocenters. The SMILES string of the molecule is O=C(O)c1cccc(C(=O)NCC2CCCS2(=O)=O)n1. The monoisotopic (exact) mass is 298 g/mol. The Kier molecular flexibility index (Phi) is 4.03. The molecule has 8 heteroatoms. The number of aromatic carboxylic acids is 1. The van der Waals surface area contributed by atoms with E-state index >= 15 is 0 Å². The number of sulfone groups is 1. The molecular formula is C12H14N2O5S. The van der Waals surface area contributed by atoms with Crippen molar-refractivity contribution in [3.63, 3.8) is 0 Å². The van der Waals surface area contributed by atoms with Gasteiger partial charge in [0.25, 0.3) is 5.91 Å². The molecule has 1 aromatic rings. The molecule has 0 spiro atoms. The predicted molar refractivity (Wildman–Crippen MR) is 70.3 cm³/mol. The lowest BCUT2D eigenvalue weighted by molar-refractivity contribution is 0.0690. The van der Waals surface area contributed by atoms with Crippen molar-refractivity contribution >= 4 is 21.7 Å². The van der Waals surface area contributed by atoms with E-state index in [1.165, 1.54) is 18.2 Å². The maximum Gasteiger partial charge on any atom is 0.354 e. The Hall–Kier alpha value is -1.96. The Balaban J connectivity index is 2.02. The lowest BCUT2D eigenvalue weighted by atomic mass is 10.2. The molecule has 0 saturated carbocycles. The number of amides is 1. The molecule has 2 rings (SSSR count). The molecule has 1 amide bonds. The molecule has 0 aromatic carbocycles. The summed E-state index contributed by atoms with van der Waals surface area (Å²) in [6.45, 7) is 0.0279. The number of carbonyl (C=O) groups excluding carboxylic acids is 1. The molecular weight excluding hydrogens is 284 g/mol. The van der Waals surface area contributed by atoms with Crippen LogP contribution in [0.3, 0.4) is 0 Å². The number of carbonyl (C=O) groups is 2. The molecule has 1 saturated heterocycles. The number of hydrogen-bond acceptors (Lipinski definition) is 5. The highest BCUT2D eigenvalue weighted by molar-refractivity contribution is 7.92. The van der Waals surface area contributed by atoms with Gasteiger partial charge in [0.2, 0.25) is 0 Å². The van der Waals surface area contributed by atoms with Crippen molar-refractivity contribution in [2.24, 2.45) is 0 Å². The smallest absolute Gasteiger partial charge is 0.354 e. The van der Waals surface area contributed by atoms with Crippen LogP contribution >= 0.6 is 0 Å². The Bertz CT molecular complexity index is 641. The highest BCUT2D eigenvalue weighted by atomic mass is 32.2. The zero-order valence-electron chi connectivity index (χ0n) is 10.6.